The van der Waals surface area contributed by atoms with Gasteiger partial charge in [-0.05, 0) is 61.4 Å². The van der Waals surface area contributed by atoms with Gasteiger partial charge in [-0.3, -0.25) is 4.90 Å². The zero-order valence-corrected chi connectivity index (χ0v) is 16.8. The maximum Gasteiger partial charge on any atom is 0.213 e. The van der Waals surface area contributed by atoms with E-state index in [0.29, 0.717) is 13.0 Å². The number of benzene rings is 1. The van der Waals surface area contributed by atoms with Crippen LogP contribution in [0.15, 0.2) is 42.6 Å². The number of pyridine rings is 1. The molecule has 0 spiro atoms. The van der Waals surface area contributed by atoms with Gasteiger partial charge >= 0.3 is 0 Å². The second-order valence-electron chi connectivity index (χ2n) is 7.73. The van der Waals surface area contributed by atoms with Gasteiger partial charge in [-0.1, -0.05) is 24.3 Å². The average molecular weight is 403 g/mol. The number of piperidine rings is 1. The van der Waals surface area contributed by atoms with Crippen LogP contribution in [0.4, 0.5) is 4.39 Å². The van der Waals surface area contributed by atoms with Crippen LogP contribution >= 0.6 is 0 Å². The smallest absolute Gasteiger partial charge is 0.213 e. The van der Waals surface area contributed by atoms with Crippen LogP contribution in [0.1, 0.15) is 37.7 Å². The van der Waals surface area contributed by atoms with Gasteiger partial charge in [0.05, 0.1) is 19.3 Å². The van der Waals surface area contributed by atoms with Crippen molar-refractivity contribution >= 4 is 0 Å². The molecular formula is C23H31FN2O3. The molecular weight excluding hydrogens is 371 g/mol. The zero-order valence-electron chi connectivity index (χ0n) is 16.8. The molecule has 6 heteroatoms. The number of aromatic nitrogens is 1. The van der Waals surface area contributed by atoms with E-state index in [0.717, 1.165) is 62.1 Å². The van der Waals surface area contributed by atoms with Crippen molar-refractivity contribution in [3.63, 3.8) is 0 Å². The number of aliphatic hydroxyl groups is 2. The lowest BCUT2D eigenvalue weighted by molar-refractivity contribution is 0.0160. The summed E-state index contributed by atoms with van der Waals surface area (Å²) in [6.07, 6.45) is 5.85. The molecule has 5 nitrogen and oxygen atoms in total. The summed E-state index contributed by atoms with van der Waals surface area (Å²) in [6, 6.07) is 11.3. The number of unbranched alkanes of at least 4 members (excludes halogenated alkanes) is 2. The summed E-state index contributed by atoms with van der Waals surface area (Å²) in [5.41, 5.74) is 2.87. The van der Waals surface area contributed by atoms with Gasteiger partial charge in [0.1, 0.15) is 0 Å². The summed E-state index contributed by atoms with van der Waals surface area (Å²) in [4.78, 5) is 5.88. The summed E-state index contributed by atoms with van der Waals surface area (Å²) in [5.74, 6) is -0.473. The van der Waals surface area contributed by atoms with Crippen molar-refractivity contribution in [2.45, 2.75) is 50.9 Å². The molecule has 29 heavy (non-hydrogen) atoms. The molecule has 2 unspecified atom stereocenters. The minimum absolute atomic E-state index is 0.0987. The van der Waals surface area contributed by atoms with Crippen molar-refractivity contribution in [1.82, 2.24) is 9.88 Å². The van der Waals surface area contributed by atoms with Gasteiger partial charge in [-0.25, -0.2) is 4.98 Å². The van der Waals surface area contributed by atoms with Crippen LogP contribution in [0.3, 0.4) is 0 Å². The van der Waals surface area contributed by atoms with E-state index in [-0.39, 0.29) is 18.8 Å². The fourth-order valence-electron chi connectivity index (χ4n) is 3.82. The first-order valence-electron chi connectivity index (χ1n) is 10.5. The van der Waals surface area contributed by atoms with Crippen molar-refractivity contribution in [2.75, 3.05) is 26.3 Å². The van der Waals surface area contributed by atoms with E-state index in [2.05, 4.69) is 9.88 Å². The van der Waals surface area contributed by atoms with Crippen LogP contribution in [0.5, 0.6) is 0 Å². The summed E-state index contributed by atoms with van der Waals surface area (Å²) < 4.78 is 19.0. The molecule has 0 radical (unpaired) electrons. The van der Waals surface area contributed by atoms with E-state index < -0.39 is 5.95 Å². The molecule has 0 bridgehead atoms. The Balaban J connectivity index is 1.30. The number of nitrogens with zero attached hydrogens (tertiary/aromatic N) is 2. The lowest BCUT2D eigenvalue weighted by Crippen LogP contribution is -2.46. The third kappa shape index (κ3) is 6.85. The Labute approximate surface area is 172 Å². The molecule has 1 fully saturated rings. The number of hydrogen-bond donors (Lipinski definition) is 2. The van der Waals surface area contributed by atoms with Crippen molar-refractivity contribution in [2.24, 2.45) is 0 Å². The molecule has 0 aliphatic carbocycles. The molecule has 3 rings (SSSR count). The van der Waals surface area contributed by atoms with Crippen LogP contribution in [-0.2, 0) is 11.3 Å². The van der Waals surface area contributed by atoms with Gasteiger partial charge in [-0.15, -0.1) is 0 Å². The Bertz CT molecular complexity index is 741. The minimum Gasteiger partial charge on any atom is -0.395 e. The molecule has 2 N–H and O–H groups in total. The molecule has 158 valence electrons. The largest absolute Gasteiger partial charge is 0.395 e. The quantitative estimate of drug-likeness (QED) is 0.471. The molecule has 0 saturated carbocycles. The number of likely N-dealkylation sites (tertiary alicyclic amines) is 1. The minimum atomic E-state index is -0.473. The van der Waals surface area contributed by atoms with E-state index in [9.17, 15) is 14.6 Å². The standard InChI is InChI=1S/C23H31FN2O3/c24-23-14-20(8-10-25-23)19-6-4-18(5-7-19)17-29-13-3-1-2-11-26-12-9-22(28)15-21(26)16-27/h4-8,10,14,21-22,27-28H,1-3,9,11-13,15-17H2. The topological polar surface area (TPSA) is 65.8 Å². The lowest BCUT2D eigenvalue weighted by atomic mass is 9.99. The molecule has 1 saturated heterocycles. The van der Waals surface area contributed by atoms with E-state index in [1.54, 1.807) is 6.07 Å². The molecule has 1 aromatic carbocycles. The van der Waals surface area contributed by atoms with Gasteiger partial charge in [0.2, 0.25) is 5.95 Å². The number of halogens is 1. The van der Waals surface area contributed by atoms with Crippen LogP contribution < -0.4 is 0 Å². The van der Waals surface area contributed by atoms with E-state index in [1.807, 2.05) is 24.3 Å². The molecule has 2 aromatic rings. The van der Waals surface area contributed by atoms with Gasteiger partial charge in [0, 0.05) is 31.5 Å². The summed E-state index contributed by atoms with van der Waals surface area (Å²) >= 11 is 0. The zero-order chi connectivity index (χ0) is 20.5. The first-order valence-corrected chi connectivity index (χ1v) is 10.5. The highest BCUT2D eigenvalue weighted by Gasteiger charge is 2.26. The highest BCUT2D eigenvalue weighted by Crippen LogP contribution is 2.20. The summed E-state index contributed by atoms with van der Waals surface area (Å²) in [6.45, 7) is 3.25. The third-order valence-corrected chi connectivity index (χ3v) is 5.54. The molecule has 2 atom stereocenters. The maximum absolute atomic E-state index is 13.2. The second-order valence-corrected chi connectivity index (χ2v) is 7.73. The normalized spacial score (nSPS) is 20.1. The lowest BCUT2D eigenvalue weighted by Gasteiger charge is -2.36. The predicted octanol–water partition coefficient (Wildman–Crippen LogP) is 3.39. The fraction of sp³-hybridized carbons (Fsp3) is 0.522. The summed E-state index contributed by atoms with van der Waals surface area (Å²) in [5, 5.41) is 19.2. The Kier molecular flexibility index (Phi) is 8.55. The van der Waals surface area contributed by atoms with Gasteiger partial charge in [0.15, 0.2) is 0 Å². The Hall–Kier alpha value is -1.86. The number of ether oxygens (including phenoxy) is 1. The van der Waals surface area contributed by atoms with Gasteiger partial charge in [-0.2, -0.15) is 4.39 Å². The molecule has 1 aliphatic heterocycles. The Morgan fingerprint density at radius 1 is 1.10 bits per heavy atom. The van der Waals surface area contributed by atoms with E-state index in [4.69, 9.17) is 4.74 Å². The number of hydrogen-bond acceptors (Lipinski definition) is 5. The highest BCUT2D eigenvalue weighted by molar-refractivity contribution is 5.62. The van der Waals surface area contributed by atoms with Crippen molar-refractivity contribution in [1.29, 1.82) is 0 Å². The van der Waals surface area contributed by atoms with E-state index in [1.165, 1.54) is 12.3 Å². The first-order chi connectivity index (χ1) is 14.2. The fourth-order valence-corrected chi connectivity index (χ4v) is 3.82. The van der Waals surface area contributed by atoms with Gasteiger partial charge in [0.25, 0.3) is 0 Å². The van der Waals surface area contributed by atoms with Gasteiger partial charge < -0.3 is 14.9 Å². The molecule has 0 amide bonds. The van der Waals surface area contributed by atoms with Crippen LogP contribution in [0.2, 0.25) is 0 Å². The molecule has 2 heterocycles. The van der Waals surface area contributed by atoms with Crippen molar-refractivity contribution in [3.05, 3.63) is 54.1 Å². The molecule has 1 aromatic heterocycles. The number of aliphatic hydroxyl groups excluding tert-OH is 2. The molecule has 1 aliphatic rings. The van der Waals surface area contributed by atoms with Crippen LogP contribution in [0.25, 0.3) is 11.1 Å². The SMILES string of the molecule is OCC1CC(O)CCN1CCCCCOCc1ccc(-c2ccnc(F)c2)cc1. The van der Waals surface area contributed by atoms with Crippen molar-refractivity contribution in [3.8, 4) is 11.1 Å². The highest BCUT2D eigenvalue weighted by atomic mass is 19.1. The van der Waals surface area contributed by atoms with E-state index >= 15 is 0 Å². The Morgan fingerprint density at radius 2 is 1.93 bits per heavy atom. The van der Waals surface area contributed by atoms with Crippen molar-refractivity contribution < 1.29 is 19.3 Å². The van der Waals surface area contributed by atoms with Crippen LogP contribution in [0, 0.1) is 5.95 Å². The average Bonchev–Trinajstić information content (AvgIpc) is 2.74. The third-order valence-electron chi connectivity index (χ3n) is 5.54. The van der Waals surface area contributed by atoms with Crippen LogP contribution in [-0.4, -0.2) is 58.5 Å². The summed E-state index contributed by atoms with van der Waals surface area (Å²) in [7, 11) is 0. The second kappa shape index (κ2) is 11.4. The maximum atomic E-state index is 13.2. The Morgan fingerprint density at radius 3 is 2.69 bits per heavy atom. The predicted molar refractivity (Wildman–Crippen MR) is 111 cm³/mol. The monoisotopic (exact) mass is 402 g/mol. The number of rotatable bonds is 10. The first kappa shape index (κ1) is 21.8.